The predicted molar refractivity (Wildman–Crippen MR) is 108 cm³/mol. The monoisotopic (exact) mass is 409 g/mol. The molecular formula is C22H17F2N3O3. The van der Waals surface area contributed by atoms with E-state index in [1.54, 1.807) is 37.3 Å². The Bertz CT molecular complexity index is 1330. The average molecular weight is 409 g/mol. The number of furan rings is 1. The first-order chi connectivity index (χ1) is 14.3. The molecule has 2 aromatic carbocycles. The Morgan fingerprint density at radius 1 is 1.27 bits per heavy atom. The number of carbonyl (C=O) groups is 1. The number of nitrogens with zero attached hydrogens (tertiary/aromatic N) is 2. The van der Waals surface area contributed by atoms with Crippen LogP contribution in [0.15, 0.2) is 53.0 Å². The summed E-state index contributed by atoms with van der Waals surface area (Å²) < 4.78 is 33.3. The zero-order valence-corrected chi connectivity index (χ0v) is 16.2. The molecule has 0 aliphatic carbocycles. The Balaban J connectivity index is 1.53. The van der Waals surface area contributed by atoms with Crippen LogP contribution in [0.2, 0.25) is 0 Å². The highest BCUT2D eigenvalue weighted by Crippen LogP contribution is 2.27. The highest BCUT2D eigenvalue weighted by molar-refractivity contribution is 5.94. The third-order valence-corrected chi connectivity index (χ3v) is 4.79. The van der Waals surface area contributed by atoms with Crippen LogP contribution in [-0.2, 0) is 0 Å². The molecule has 1 N–H and O–H groups in total. The van der Waals surface area contributed by atoms with Crippen molar-refractivity contribution in [2.45, 2.75) is 13.8 Å². The van der Waals surface area contributed by atoms with Crippen LogP contribution in [0.5, 0.6) is 0 Å². The number of fused-ring (bicyclic) bond motifs is 2. The van der Waals surface area contributed by atoms with Crippen molar-refractivity contribution in [2.75, 3.05) is 6.54 Å². The number of allylic oxidation sites excluding steroid dienone is 1. The fourth-order valence-corrected chi connectivity index (χ4v) is 3.18. The maximum atomic E-state index is 13.8. The molecule has 4 rings (SSSR count). The predicted octanol–water partition coefficient (Wildman–Crippen LogP) is 4.03. The molecule has 0 bridgehead atoms. The van der Waals surface area contributed by atoms with Gasteiger partial charge >= 0.3 is 0 Å². The van der Waals surface area contributed by atoms with Gasteiger partial charge in [-0.1, -0.05) is 18.2 Å². The maximum Gasteiger partial charge on any atom is 0.276 e. The Morgan fingerprint density at radius 2 is 2.03 bits per heavy atom. The van der Waals surface area contributed by atoms with E-state index < -0.39 is 17.5 Å². The van der Waals surface area contributed by atoms with Crippen molar-refractivity contribution < 1.29 is 22.7 Å². The Kier molecular flexibility index (Phi) is 4.91. The van der Waals surface area contributed by atoms with E-state index in [2.05, 4.69) is 10.3 Å². The highest BCUT2D eigenvalue weighted by atomic mass is 19.1. The van der Waals surface area contributed by atoms with Gasteiger partial charge in [0.2, 0.25) is 11.2 Å². The van der Waals surface area contributed by atoms with E-state index in [-0.39, 0.29) is 23.5 Å². The topological polar surface area (TPSA) is 82.1 Å². The number of nitrogens with one attached hydrogen (secondary N) is 1. The molecule has 2 heterocycles. The number of amides is 1. The summed E-state index contributed by atoms with van der Waals surface area (Å²) in [6.07, 6.45) is 1.67. The summed E-state index contributed by atoms with van der Waals surface area (Å²) in [4.78, 5) is 16.8. The molecule has 2 aromatic heterocycles. The lowest BCUT2D eigenvalue weighted by Crippen LogP contribution is -2.37. The first kappa shape index (κ1) is 19.5. The van der Waals surface area contributed by atoms with Gasteiger partial charge in [-0.3, -0.25) is 4.79 Å². The van der Waals surface area contributed by atoms with Crippen LogP contribution < -0.4 is 10.0 Å². The smallest absolute Gasteiger partial charge is 0.276 e. The van der Waals surface area contributed by atoms with Crippen molar-refractivity contribution in [3.63, 3.8) is 0 Å². The first-order valence-electron chi connectivity index (χ1n) is 9.18. The zero-order chi connectivity index (χ0) is 21.4. The Hall–Kier alpha value is -3.81. The van der Waals surface area contributed by atoms with Crippen molar-refractivity contribution in [2.24, 2.45) is 0 Å². The van der Waals surface area contributed by atoms with Gasteiger partial charge in [-0.15, -0.1) is 0 Å². The van der Waals surface area contributed by atoms with Gasteiger partial charge in [0.05, 0.1) is 0 Å². The first-order valence-corrected chi connectivity index (χ1v) is 9.18. The van der Waals surface area contributed by atoms with Crippen molar-refractivity contribution >= 4 is 33.5 Å². The van der Waals surface area contributed by atoms with E-state index >= 15 is 0 Å². The number of halogens is 2. The third kappa shape index (κ3) is 3.47. The summed E-state index contributed by atoms with van der Waals surface area (Å²) in [6, 6.07) is 10.2. The summed E-state index contributed by atoms with van der Waals surface area (Å²) in [7, 11) is 0. The minimum absolute atomic E-state index is 0.0285. The van der Waals surface area contributed by atoms with E-state index in [9.17, 15) is 18.8 Å². The lowest BCUT2D eigenvalue weighted by molar-refractivity contribution is -0.584. The second-order valence-corrected chi connectivity index (χ2v) is 6.84. The van der Waals surface area contributed by atoms with Gasteiger partial charge in [-0.05, 0) is 30.7 Å². The van der Waals surface area contributed by atoms with Gasteiger partial charge < -0.3 is 14.9 Å². The summed E-state index contributed by atoms with van der Waals surface area (Å²) >= 11 is 0. The maximum absolute atomic E-state index is 13.8. The second kappa shape index (κ2) is 7.55. The largest absolute Gasteiger partial charge is 0.618 e. The van der Waals surface area contributed by atoms with Crippen LogP contribution in [0.3, 0.4) is 0 Å². The molecule has 4 aromatic rings. The lowest BCUT2D eigenvalue weighted by atomic mass is 10.2. The Labute approximate surface area is 170 Å². The highest BCUT2D eigenvalue weighted by Gasteiger charge is 2.20. The molecule has 8 heteroatoms. The average Bonchev–Trinajstić information content (AvgIpc) is 3.15. The SMILES string of the molecule is CC(=CCNC(=O)c1nc2ccccc2[n+]([O-])c1C)c1cc2cc(F)cc(F)c2o1. The molecule has 30 heavy (non-hydrogen) atoms. The van der Waals surface area contributed by atoms with E-state index in [1.165, 1.54) is 19.1 Å². The number of rotatable bonds is 4. The van der Waals surface area contributed by atoms with Gasteiger partial charge in [-0.2, -0.15) is 4.73 Å². The van der Waals surface area contributed by atoms with E-state index in [0.29, 0.717) is 32.5 Å². The fourth-order valence-electron chi connectivity index (χ4n) is 3.18. The minimum Gasteiger partial charge on any atom is -0.618 e. The molecule has 0 unspecified atom stereocenters. The lowest BCUT2D eigenvalue weighted by Gasteiger charge is -2.09. The third-order valence-electron chi connectivity index (χ3n) is 4.79. The number of benzene rings is 2. The number of hydrogen-bond acceptors (Lipinski definition) is 4. The summed E-state index contributed by atoms with van der Waals surface area (Å²) in [5.41, 5.74) is 1.65. The molecule has 0 atom stereocenters. The Morgan fingerprint density at radius 3 is 2.83 bits per heavy atom. The van der Waals surface area contributed by atoms with Gasteiger partial charge in [0, 0.05) is 31.0 Å². The quantitative estimate of drug-likeness (QED) is 0.408. The minimum atomic E-state index is -0.777. The second-order valence-electron chi connectivity index (χ2n) is 6.84. The number of hydrogen-bond donors (Lipinski definition) is 1. The molecule has 6 nitrogen and oxygen atoms in total. The van der Waals surface area contributed by atoms with Crippen molar-refractivity contribution in [3.05, 3.63) is 82.5 Å². The molecule has 0 aliphatic rings. The number of para-hydroxylation sites is 2. The number of carbonyl (C=O) groups excluding carboxylic acids is 1. The summed E-state index contributed by atoms with van der Waals surface area (Å²) in [5.74, 6) is -1.60. The summed E-state index contributed by atoms with van der Waals surface area (Å²) in [5, 5.41) is 15.4. The molecule has 1 amide bonds. The number of aromatic nitrogens is 2. The standard InChI is InChI=1S/C22H17F2N3O3/c1-12(19-10-14-9-15(23)11-16(24)21(14)30-19)7-8-25-22(28)20-13(2)27(29)18-6-4-3-5-17(18)26-20/h3-7,9-11H,8H2,1-2H3,(H,25,28). The van der Waals surface area contributed by atoms with Gasteiger partial charge in [0.15, 0.2) is 17.1 Å². The molecule has 0 saturated heterocycles. The van der Waals surface area contributed by atoms with Crippen LogP contribution in [0.1, 0.15) is 28.9 Å². The van der Waals surface area contributed by atoms with Gasteiger partial charge in [-0.25, -0.2) is 13.8 Å². The van der Waals surface area contributed by atoms with Gasteiger partial charge in [0.25, 0.3) is 5.91 Å². The van der Waals surface area contributed by atoms with Crippen LogP contribution in [-0.4, -0.2) is 17.4 Å². The van der Waals surface area contributed by atoms with Crippen LogP contribution >= 0.6 is 0 Å². The molecule has 0 fully saturated rings. The van der Waals surface area contributed by atoms with Crippen molar-refractivity contribution in [1.82, 2.24) is 10.3 Å². The molecule has 0 saturated carbocycles. The molecule has 0 spiro atoms. The van der Waals surface area contributed by atoms with Gasteiger partial charge in [0.1, 0.15) is 17.1 Å². The van der Waals surface area contributed by atoms with Crippen LogP contribution in [0.25, 0.3) is 27.6 Å². The molecule has 0 aliphatic heterocycles. The van der Waals surface area contributed by atoms with Crippen molar-refractivity contribution in [1.29, 1.82) is 0 Å². The van der Waals surface area contributed by atoms with E-state index in [0.717, 1.165) is 6.07 Å². The fraction of sp³-hybridized carbons (Fsp3) is 0.136. The summed E-state index contributed by atoms with van der Waals surface area (Å²) in [6.45, 7) is 3.39. The molecule has 0 radical (unpaired) electrons. The molecular weight excluding hydrogens is 392 g/mol. The van der Waals surface area contributed by atoms with E-state index in [4.69, 9.17) is 4.42 Å². The van der Waals surface area contributed by atoms with Crippen LogP contribution in [0.4, 0.5) is 8.78 Å². The van der Waals surface area contributed by atoms with E-state index in [1.807, 2.05) is 0 Å². The van der Waals surface area contributed by atoms with Crippen molar-refractivity contribution in [3.8, 4) is 0 Å². The molecule has 152 valence electrons. The zero-order valence-electron chi connectivity index (χ0n) is 16.2. The van der Waals surface area contributed by atoms with Crippen LogP contribution in [0, 0.1) is 23.8 Å². The normalized spacial score (nSPS) is 11.9.